The van der Waals surface area contributed by atoms with Crippen LogP contribution in [0.2, 0.25) is 0 Å². The van der Waals surface area contributed by atoms with Gasteiger partial charge in [-0.2, -0.15) is 0 Å². The van der Waals surface area contributed by atoms with Gasteiger partial charge in [-0.25, -0.2) is 4.79 Å². The van der Waals surface area contributed by atoms with E-state index in [0.29, 0.717) is 0 Å². The number of carboxylic acids is 4. The predicted octanol–water partition coefficient (Wildman–Crippen LogP) is -4.46. The average molecular weight is 491 g/mol. The highest BCUT2D eigenvalue weighted by Gasteiger charge is 2.32. The molecule has 190 valence electrons. The van der Waals surface area contributed by atoms with Gasteiger partial charge in [0.05, 0.1) is 25.3 Å². The van der Waals surface area contributed by atoms with E-state index in [9.17, 15) is 38.4 Å². The molecule has 0 saturated heterocycles. The lowest BCUT2D eigenvalue weighted by atomic mass is 10.1. The summed E-state index contributed by atoms with van der Waals surface area (Å²) in [6.45, 7) is 0. The van der Waals surface area contributed by atoms with E-state index < -0.39 is 104 Å². The molecule has 0 aromatic rings. The molecular weight excluding hydrogens is 466 g/mol. The Hall–Kier alpha value is -4.28. The van der Waals surface area contributed by atoms with E-state index in [1.54, 1.807) is 0 Å². The minimum Gasteiger partial charge on any atom is -0.481 e. The molecule has 0 radical (unpaired) electrons. The predicted molar refractivity (Wildman–Crippen MR) is 107 cm³/mol. The van der Waals surface area contributed by atoms with Crippen LogP contribution in [0.25, 0.3) is 0 Å². The Bertz CT molecular complexity index is 845. The number of aliphatic carboxylic acids is 4. The van der Waals surface area contributed by atoms with Crippen LogP contribution < -0.4 is 27.4 Å². The van der Waals surface area contributed by atoms with Crippen molar-refractivity contribution in [1.82, 2.24) is 16.0 Å². The summed E-state index contributed by atoms with van der Waals surface area (Å²) in [4.78, 5) is 91.8. The summed E-state index contributed by atoms with van der Waals surface area (Å²) in [6, 6.07) is -7.00. The second-order valence-corrected chi connectivity index (χ2v) is 6.93. The number of nitrogens with two attached hydrogens (primary N) is 2. The van der Waals surface area contributed by atoms with Crippen molar-refractivity contribution in [3.05, 3.63) is 0 Å². The van der Waals surface area contributed by atoms with E-state index in [4.69, 9.17) is 31.9 Å². The molecule has 0 aromatic carbocycles. The number of carbonyl (C=O) groups excluding carboxylic acids is 4. The number of carboxylic acid groups (broad SMARTS) is 4. The van der Waals surface area contributed by atoms with Gasteiger partial charge < -0.3 is 47.8 Å². The Labute approximate surface area is 190 Å². The Morgan fingerprint density at radius 2 is 1.09 bits per heavy atom. The van der Waals surface area contributed by atoms with Gasteiger partial charge in [0.15, 0.2) is 0 Å². The summed E-state index contributed by atoms with van der Waals surface area (Å²) in [5.41, 5.74) is 10.4. The van der Waals surface area contributed by atoms with Crippen LogP contribution in [0.1, 0.15) is 32.1 Å². The number of hydrogen-bond acceptors (Lipinski definition) is 9. The van der Waals surface area contributed by atoms with Crippen molar-refractivity contribution in [2.45, 2.75) is 56.3 Å². The van der Waals surface area contributed by atoms with Gasteiger partial charge in [0, 0.05) is 6.42 Å². The highest BCUT2D eigenvalue weighted by molar-refractivity contribution is 5.97. The molecule has 0 fully saturated rings. The molecule has 0 bridgehead atoms. The molecule has 4 amide bonds. The van der Waals surface area contributed by atoms with Crippen LogP contribution in [0, 0.1) is 0 Å². The first-order chi connectivity index (χ1) is 15.6. The Balaban J connectivity index is 5.62. The van der Waals surface area contributed by atoms with Crippen LogP contribution in [0.5, 0.6) is 0 Å². The molecule has 0 rings (SSSR count). The van der Waals surface area contributed by atoms with Crippen LogP contribution in [0.4, 0.5) is 0 Å². The minimum absolute atomic E-state index is 0.533. The molecular formula is C17H25N5O12. The summed E-state index contributed by atoms with van der Waals surface area (Å²) >= 11 is 0. The number of hydrogen-bond donors (Lipinski definition) is 9. The van der Waals surface area contributed by atoms with Crippen LogP contribution in [-0.2, 0) is 38.4 Å². The number of amides is 4. The maximum Gasteiger partial charge on any atom is 0.326 e. The third-order valence-corrected chi connectivity index (χ3v) is 4.04. The Morgan fingerprint density at radius 1 is 0.618 bits per heavy atom. The van der Waals surface area contributed by atoms with Crippen molar-refractivity contribution in [3.63, 3.8) is 0 Å². The van der Waals surface area contributed by atoms with Gasteiger partial charge in [-0.15, -0.1) is 0 Å². The van der Waals surface area contributed by atoms with Crippen LogP contribution >= 0.6 is 0 Å². The molecule has 0 heterocycles. The summed E-state index contributed by atoms with van der Waals surface area (Å²) in [5, 5.41) is 41.2. The summed E-state index contributed by atoms with van der Waals surface area (Å²) in [5.74, 6) is -10.9. The third kappa shape index (κ3) is 11.9. The van der Waals surface area contributed by atoms with Gasteiger partial charge in [-0.05, 0) is 6.42 Å². The van der Waals surface area contributed by atoms with E-state index in [1.165, 1.54) is 0 Å². The lowest BCUT2D eigenvalue weighted by molar-refractivity contribution is -0.147. The van der Waals surface area contributed by atoms with Gasteiger partial charge in [-0.1, -0.05) is 0 Å². The van der Waals surface area contributed by atoms with E-state index in [-0.39, 0.29) is 0 Å². The maximum absolute atomic E-state index is 12.6. The molecule has 0 spiro atoms. The van der Waals surface area contributed by atoms with Gasteiger partial charge >= 0.3 is 23.9 Å². The fourth-order valence-electron chi connectivity index (χ4n) is 2.43. The normalized spacial score (nSPS) is 13.9. The molecule has 0 aliphatic rings. The fourth-order valence-corrected chi connectivity index (χ4v) is 2.43. The first-order valence-electron chi connectivity index (χ1n) is 9.47. The zero-order chi connectivity index (χ0) is 26.6. The Morgan fingerprint density at radius 3 is 1.53 bits per heavy atom. The zero-order valence-corrected chi connectivity index (χ0v) is 17.6. The standard InChI is InChI=1S/C17H25N5O12/c18-6(3-12(26)27)14(30)20-7(1-2-11(24)25)15(31)21-8(4-10(19)23)16(32)22-9(17(33)34)5-13(28)29/h6-9H,1-5,18H2,(H2,19,23)(H,20,30)(H,21,31)(H,22,32)(H,24,25)(H,26,27)(H,28,29)(H,33,34)/t6-,7-,8-,9-/m0/s1. The summed E-state index contributed by atoms with van der Waals surface area (Å²) in [6.07, 6.45) is -3.90. The topological polar surface area (TPSA) is 306 Å². The van der Waals surface area contributed by atoms with E-state index >= 15 is 0 Å². The van der Waals surface area contributed by atoms with Crippen LogP contribution in [0.3, 0.4) is 0 Å². The molecule has 17 heteroatoms. The lowest BCUT2D eigenvalue weighted by Crippen LogP contribution is -2.58. The molecule has 34 heavy (non-hydrogen) atoms. The van der Waals surface area contributed by atoms with E-state index in [2.05, 4.69) is 0 Å². The average Bonchev–Trinajstić information content (AvgIpc) is 2.68. The third-order valence-electron chi connectivity index (χ3n) is 4.04. The Kier molecular flexibility index (Phi) is 12.2. The quantitative estimate of drug-likeness (QED) is 0.0984. The van der Waals surface area contributed by atoms with Crippen molar-refractivity contribution in [2.75, 3.05) is 0 Å². The van der Waals surface area contributed by atoms with E-state index in [1.807, 2.05) is 16.0 Å². The van der Waals surface area contributed by atoms with Crippen molar-refractivity contribution < 1.29 is 58.8 Å². The fraction of sp³-hybridized carbons (Fsp3) is 0.529. The molecule has 4 atom stereocenters. The van der Waals surface area contributed by atoms with Crippen molar-refractivity contribution >= 4 is 47.5 Å². The smallest absolute Gasteiger partial charge is 0.326 e. The van der Waals surface area contributed by atoms with Crippen molar-refractivity contribution in [1.29, 1.82) is 0 Å². The van der Waals surface area contributed by atoms with Gasteiger partial charge in [0.2, 0.25) is 23.6 Å². The second kappa shape index (κ2) is 14.0. The SMILES string of the molecule is NC(=O)C[C@H](NC(=O)[C@H](CCC(=O)O)NC(=O)[C@@H](N)CC(=O)O)C(=O)N[C@@H](CC(=O)O)C(=O)O. The summed E-state index contributed by atoms with van der Waals surface area (Å²) < 4.78 is 0. The molecule has 0 unspecified atom stereocenters. The van der Waals surface area contributed by atoms with Crippen molar-refractivity contribution in [3.8, 4) is 0 Å². The highest BCUT2D eigenvalue weighted by atomic mass is 16.4. The number of rotatable bonds is 16. The largest absolute Gasteiger partial charge is 0.481 e. The van der Waals surface area contributed by atoms with E-state index in [0.717, 1.165) is 0 Å². The highest BCUT2D eigenvalue weighted by Crippen LogP contribution is 2.04. The maximum atomic E-state index is 12.6. The molecule has 17 nitrogen and oxygen atoms in total. The molecule has 11 N–H and O–H groups in total. The van der Waals surface area contributed by atoms with Gasteiger partial charge in [0.1, 0.15) is 18.1 Å². The summed E-state index contributed by atoms with van der Waals surface area (Å²) in [7, 11) is 0. The first kappa shape index (κ1) is 29.7. The molecule has 0 aliphatic heterocycles. The van der Waals surface area contributed by atoms with Crippen LogP contribution in [0.15, 0.2) is 0 Å². The zero-order valence-electron chi connectivity index (χ0n) is 17.6. The monoisotopic (exact) mass is 491 g/mol. The molecule has 0 saturated carbocycles. The lowest BCUT2D eigenvalue weighted by Gasteiger charge is -2.24. The van der Waals surface area contributed by atoms with Crippen molar-refractivity contribution in [2.24, 2.45) is 11.5 Å². The number of carbonyl (C=O) groups is 8. The number of nitrogens with one attached hydrogen (secondary N) is 3. The van der Waals surface area contributed by atoms with Gasteiger partial charge in [-0.3, -0.25) is 33.6 Å². The van der Waals surface area contributed by atoms with Gasteiger partial charge in [0.25, 0.3) is 0 Å². The number of primary amides is 1. The van der Waals surface area contributed by atoms with Crippen LogP contribution in [-0.4, -0.2) is 92.1 Å². The first-order valence-corrected chi connectivity index (χ1v) is 9.47. The molecule has 0 aromatic heterocycles. The minimum atomic E-state index is -1.92. The molecule has 0 aliphatic carbocycles. The second-order valence-electron chi connectivity index (χ2n) is 6.93.